The van der Waals surface area contributed by atoms with Crippen molar-refractivity contribution >= 4 is 5.97 Å². The molecule has 0 amide bonds. The zero-order valence-corrected chi connectivity index (χ0v) is 16.6. The minimum absolute atomic E-state index is 0.0143. The van der Waals surface area contributed by atoms with E-state index in [1.165, 1.54) is 19.3 Å². The molecule has 2 aliphatic heterocycles. The Labute approximate surface area is 162 Å². The number of rotatable bonds is 10. The number of nitrogens with two attached hydrogens (primary N) is 1. The van der Waals surface area contributed by atoms with E-state index >= 15 is 0 Å². The molecule has 0 aromatic carbocycles. The lowest BCUT2D eigenvalue weighted by molar-refractivity contribution is -0.162. The van der Waals surface area contributed by atoms with Crippen LogP contribution in [0.5, 0.6) is 0 Å². The van der Waals surface area contributed by atoms with Gasteiger partial charge in [-0.1, -0.05) is 20.3 Å². The minimum Gasteiger partial charge on any atom is -0.492 e. The first-order chi connectivity index (χ1) is 12.8. The molecule has 3 atom stereocenters. The molecule has 27 heavy (non-hydrogen) atoms. The van der Waals surface area contributed by atoms with Crippen molar-refractivity contribution in [1.29, 1.82) is 0 Å². The first-order valence-corrected chi connectivity index (χ1v) is 10.0. The molecule has 1 saturated heterocycles. The van der Waals surface area contributed by atoms with Crippen LogP contribution in [-0.4, -0.2) is 65.0 Å². The minimum atomic E-state index is -1.98. The van der Waals surface area contributed by atoms with Crippen LogP contribution in [0.1, 0.15) is 46.0 Å². The van der Waals surface area contributed by atoms with Gasteiger partial charge in [0.2, 0.25) is 0 Å². The lowest BCUT2D eigenvalue weighted by Crippen LogP contribution is -2.57. The van der Waals surface area contributed by atoms with E-state index in [1.807, 2.05) is 26.0 Å². The molecule has 1 unspecified atom stereocenters. The molecule has 5 N–H and O–H groups in total. The van der Waals surface area contributed by atoms with Gasteiger partial charge in [-0.15, -0.1) is 0 Å². The fraction of sp³-hybridized carbons (Fsp3) is 0.750. The highest BCUT2D eigenvalue weighted by atomic mass is 16.5. The molecule has 1 fully saturated rings. The Bertz CT molecular complexity index is 543. The maximum Gasteiger partial charge on any atom is 0.337 e. The molecule has 7 heteroatoms. The quantitative estimate of drug-likeness (QED) is 0.453. The maximum atomic E-state index is 11.7. The van der Waals surface area contributed by atoms with E-state index in [4.69, 9.17) is 10.5 Å². The Morgan fingerprint density at radius 1 is 1.41 bits per heavy atom. The van der Waals surface area contributed by atoms with Gasteiger partial charge in [0.1, 0.15) is 12.4 Å². The number of ether oxygens (including phenoxy) is 1. The zero-order chi connectivity index (χ0) is 19.9. The van der Waals surface area contributed by atoms with Crippen LogP contribution in [0.3, 0.4) is 0 Å². The zero-order valence-electron chi connectivity index (χ0n) is 16.6. The summed E-state index contributed by atoms with van der Waals surface area (Å²) in [4.78, 5) is 14.1. The summed E-state index contributed by atoms with van der Waals surface area (Å²) < 4.78 is 5.85. The van der Waals surface area contributed by atoms with Crippen LogP contribution >= 0.6 is 0 Å². The smallest absolute Gasteiger partial charge is 0.337 e. The Hall–Kier alpha value is -1.57. The molecule has 2 aliphatic rings. The summed E-state index contributed by atoms with van der Waals surface area (Å²) in [5.41, 5.74) is 4.05. The second-order valence-electron chi connectivity index (χ2n) is 8.10. The van der Waals surface area contributed by atoms with Crippen LogP contribution < -0.4 is 11.1 Å². The Morgan fingerprint density at radius 2 is 2.11 bits per heavy atom. The molecule has 0 bridgehead atoms. The largest absolute Gasteiger partial charge is 0.492 e. The maximum absolute atomic E-state index is 11.7. The number of hydrogen-bond donors (Lipinski definition) is 4. The van der Waals surface area contributed by atoms with E-state index in [2.05, 4.69) is 10.2 Å². The van der Waals surface area contributed by atoms with Gasteiger partial charge < -0.3 is 26.0 Å². The number of hydrogen-bond acceptors (Lipinski definition) is 6. The first-order valence-electron chi connectivity index (χ1n) is 10.0. The van der Waals surface area contributed by atoms with Crippen LogP contribution in [0.15, 0.2) is 24.1 Å². The van der Waals surface area contributed by atoms with Crippen LogP contribution in [0, 0.1) is 5.92 Å². The predicted octanol–water partition coefficient (Wildman–Crippen LogP) is 1.44. The molecule has 2 rings (SSSR count). The second-order valence-corrected chi connectivity index (χ2v) is 8.10. The standard InChI is InChI=1S/C20H35N3O4/c1-15(2)12-18(21)20(26,19(24)25)14-16-13-17(6-7-22-16)27-11-10-23-8-4-3-5-9-23/h6-7,13,15-16,18,22,26H,3-5,8-12,14,21H2,1-2H3,(H,24,25)/t16?,18-,20+/m0/s1. The molecule has 0 radical (unpaired) electrons. The average Bonchev–Trinajstić information content (AvgIpc) is 2.62. The van der Waals surface area contributed by atoms with E-state index in [1.54, 1.807) is 6.20 Å². The number of aliphatic hydroxyl groups is 1. The summed E-state index contributed by atoms with van der Waals surface area (Å²) in [6, 6.07) is -1.18. The van der Waals surface area contributed by atoms with Crippen molar-refractivity contribution in [3.63, 3.8) is 0 Å². The fourth-order valence-electron chi connectivity index (χ4n) is 3.68. The third-order valence-corrected chi connectivity index (χ3v) is 5.29. The number of nitrogens with zero attached hydrogens (tertiary/aromatic N) is 1. The monoisotopic (exact) mass is 381 g/mol. The van der Waals surface area contributed by atoms with Crippen molar-refractivity contribution < 1.29 is 19.7 Å². The third-order valence-electron chi connectivity index (χ3n) is 5.29. The normalized spacial score (nSPS) is 24.0. The molecular formula is C20H35N3O4. The number of nitrogens with one attached hydrogen (secondary N) is 1. The van der Waals surface area contributed by atoms with Gasteiger partial charge in [-0.2, -0.15) is 0 Å². The van der Waals surface area contributed by atoms with E-state index < -0.39 is 17.6 Å². The van der Waals surface area contributed by atoms with Crippen molar-refractivity contribution in [2.24, 2.45) is 11.7 Å². The predicted molar refractivity (Wildman–Crippen MR) is 105 cm³/mol. The van der Waals surface area contributed by atoms with E-state index in [9.17, 15) is 15.0 Å². The van der Waals surface area contributed by atoms with Gasteiger partial charge in [0.25, 0.3) is 0 Å². The summed E-state index contributed by atoms with van der Waals surface area (Å²) in [7, 11) is 0. The SMILES string of the molecule is CC(C)C[C@H](N)[C@](O)(CC1C=C(OCCN2CCCCC2)C=CN1)C(=O)O. The number of piperidine rings is 1. The molecule has 0 saturated carbocycles. The molecule has 0 aromatic rings. The van der Waals surface area contributed by atoms with Gasteiger partial charge in [-0.05, 0) is 50.4 Å². The van der Waals surface area contributed by atoms with Gasteiger partial charge in [0.15, 0.2) is 5.60 Å². The van der Waals surface area contributed by atoms with Gasteiger partial charge in [0, 0.05) is 25.2 Å². The first kappa shape index (κ1) is 21.7. The third kappa shape index (κ3) is 6.52. The highest BCUT2D eigenvalue weighted by Crippen LogP contribution is 2.24. The van der Waals surface area contributed by atoms with Crippen molar-refractivity contribution in [2.45, 2.75) is 63.6 Å². The molecule has 2 heterocycles. The second kappa shape index (κ2) is 10.1. The number of carboxylic acids is 1. The average molecular weight is 382 g/mol. The summed E-state index contributed by atoms with van der Waals surface area (Å²) in [6.07, 6.45) is 9.61. The van der Waals surface area contributed by atoms with Crippen LogP contribution in [0.4, 0.5) is 0 Å². The van der Waals surface area contributed by atoms with E-state index in [0.29, 0.717) is 18.8 Å². The number of allylic oxidation sites excluding steroid dienone is 1. The highest BCUT2D eigenvalue weighted by molar-refractivity contribution is 5.78. The van der Waals surface area contributed by atoms with Crippen molar-refractivity contribution in [1.82, 2.24) is 10.2 Å². The summed E-state index contributed by atoms with van der Waals surface area (Å²) >= 11 is 0. The Balaban J connectivity index is 1.90. The molecule has 0 spiro atoms. The number of carboxylic acid groups (broad SMARTS) is 1. The lowest BCUT2D eigenvalue weighted by atomic mass is 9.83. The Morgan fingerprint density at radius 3 is 2.74 bits per heavy atom. The number of dihydropyridines is 1. The number of carbonyl (C=O) groups is 1. The van der Waals surface area contributed by atoms with Crippen LogP contribution in [0.2, 0.25) is 0 Å². The summed E-state index contributed by atoms with van der Waals surface area (Å²) in [5.74, 6) is -0.386. The van der Waals surface area contributed by atoms with Crippen molar-refractivity contribution in [3.8, 4) is 0 Å². The summed E-state index contributed by atoms with van der Waals surface area (Å²) in [6.45, 7) is 7.65. The highest BCUT2D eigenvalue weighted by Gasteiger charge is 2.44. The van der Waals surface area contributed by atoms with Crippen molar-refractivity contribution in [3.05, 3.63) is 24.1 Å². The van der Waals surface area contributed by atoms with Crippen LogP contribution in [-0.2, 0) is 9.53 Å². The van der Waals surface area contributed by atoms with E-state index in [-0.39, 0.29) is 18.4 Å². The van der Waals surface area contributed by atoms with Gasteiger partial charge >= 0.3 is 5.97 Å². The molecular weight excluding hydrogens is 346 g/mol. The fourth-order valence-corrected chi connectivity index (χ4v) is 3.68. The molecule has 7 nitrogen and oxygen atoms in total. The summed E-state index contributed by atoms with van der Waals surface area (Å²) in [5, 5.41) is 23.4. The molecule has 0 aliphatic carbocycles. The number of likely N-dealkylation sites (tertiary alicyclic amines) is 1. The van der Waals surface area contributed by atoms with Crippen molar-refractivity contribution in [2.75, 3.05) is 26.2 Å². The van der Waals surface area contributed by atoms with Gasteiger partial charge in [-0.25, -0.2) is 4.79 Å². The van der Waals surface area contributed by atoms with Gasteiger partial charge in [-0.3, -0.25) is 4.90 Å². The molecule has 0 aromatic heterocycles. The topological polar surface area (TPSA) is 108 Å². The van der Waals surface area contributed by atoms with E-state index in [0.717, 1.165) is 19.6 Å². The Kier molecular flexibility index (Phi) is 8.13. The lowest BCUT2D eigenvalue weighted by Gasteiger charge is -2.34. The van der Waals surface area contributed by atoms with Gasteiger partial charge in [0.05, 0.1) is 6.04 Å². The molecule has 154 valence electrons. The van der Waals surface area contributed by atoms with Crippen LogP contribution in [0.25, 0.3) is 0 Å². The number of aliphatic carboxylic acids is 1.